The lowest BCUT2D eigenvalue weighted by molar-refractivity contribution is 0.0726. The fourth-order valence-corrected chi connectivity index (χ4v) is 3.84. The van der Waals surface area contributed by atoms with Gasteiger partial charge in [0, 0.05) is 36.9 Å². The van der Waals surface area contributed by atoms with Crippen molar-refractivity contribution in [3.8, 4) is 0 Å². The number of hydrogen-bond acceptors (Lipinski definition) is 2. The van der Waals surface area contributed by atoms with Crippen LogP contribution in [0, 0.1) is 6.92 Å². The van der Waals surface area contributed by atoms with Crippen molar-refractivity contribution in [3.05, 3.63) is 77.9 Å². The number of rotatable bonds is 2. The van der Waals surface area contributed by atoms with Gasteiger partial charge in [0.2, 0.25) is 0 Å². The summed E-state index contributed by atoms with van der Waals surface area (Å²) >= 11 is 0. The van der Waals surface area contributed by atoms with Gasteiger partial charge < -0.3 is 9.80 Å². The maximum Gasteiger partial charge on any atom is 0.254 e. The molecule has 0 aliphatic carbocycles. The van der Waals surface area contributed by atoms with Crippen LogP contribution in [0.4, 0.5) is 5.69 Å². The number of carbonyl (C=O) groups excluding carboxylic acids is 1. The zero-order chi connectivity index (χ0) is 18.1. The van der Waals surface area contributed by atoms with Crippen LogP contribution in [0.2, 0.25) is 0 Å². The van der Waals surface area contributed by atoms with Gasteiger partial charge in [-0.3, -0.25) is 4.79 Å². The highest BCUT2D eigenvalue weighted by molar-refractivity contribution is 5.98. The maximum atomic E-state index is 13.0. The molecule has 132 valence electrons. The number of carbonyl (C=O) groups is 1. The molecule has 3 aromatic rings. The number of anilines is 1. The molecular formula is C23H24N2O. The summed E-state index contributed by atoms with van der Waals surface area (Å²) in [4.78, 5) is 17.4. The second kappa shape index (κ2) is 6.83. The average Bonchev–Trinajstić information content (AvgIpc) is 2.67. The Labute approximate surface area is 154 Å². The molecule has 1 heterocycles. The van der Waals surface area contributed by atoms with Crippen molar-refractivity contribution < 1.29 is 4.79 Å². The average molecular weight is 344 g/mol. The normalized spacial score (nSPS) is 17.5. The summed E-state index contributed by atoms with van der Waals surface area (Å²) in [6.07, 6.45) is 0. The topological polar surface area (TPSA) is 23.6 Å². The van der Waals surface area contributed by atoms with Crippen LogP contribution in [-0.4, -0.2) is 36.5 Å². The van der Waals surface area contributed by atoms with E-state index in [9.17, 15) is 4.79 Å². The summed E-state index contributed by atoms with van der Waals surface area (Å²) in [7, 11) is 0. The van der Waals surface area contributed by atoms with E-state index in [2.05, 4.69) is 55.1 Å². The second-order valence-electron chi connectivity index (χ2n) is 7.19. The van der Waals surface area contributed by atoms with Gasteiger partial charge in [0.05, 0.1) is 0 Å². The van der Waals surface area contributed by atoms with Crippen LogP contribution in [0.3, 0.4) is 0 Å². The molecular weight excluding hydrogens is 320 g/mol. The van der Waals surface area contributed by atoms with Gasteiger partial charge in [-0.25, -0.2) is 0 Å². The largest absolute Gasteiger partial charge is 0.365 e. The first-order valence-corrected chi connectivity index (χ1v) is 9.23. The van der Waals surface area contributed by atoms with E-state index in [4.69, 9.17) is 0 Å². The highest BCUT2D eigenvalue weighted by atomic mass is 16.2. The standard InChI is InChI=1S/C23H24N2O/c1-17-6-5-9-22(14-17)25-13-12-24(16-18(25)2)23(26)21-11-10-19-7-3-4-8-20(19)15-21/h3-11,14-15,18H,12-13,16H2,1-2H3/t18-/m1/s1. The predicted molar refractivity (Wildman–Crippen MR) is 108 cm³/mol. The molecule has 1 aliphatic heterocycles. The number of nitrogens with zero attached hydrogens (tertiary/aromatic N) is 2. The number of hydrogen-bond donors (Lipinski definition) is 0. The van der Waals surface area contributed by atoms with Gasteiger partial charge in [-0.2, -0.15) is 0 Å². The minimum atomic E-state index is 0.131. The third-order valence-corrected chi connectivity index (χ3v) is 5.24. The molecule has 3 nitrogen and oxygen atoms in total. The van der Waals surface area contributed by atoms with Gasteiger partial charge in [-0.05, 0) is 54.4 Å². The highest BCUT2D eigenvalue weighted by Crippen LogP contribution is 2.23. The Kier molecular flexibility index (Phi) is 4.37. The number of benzene rings is 3. The lowest BCUT2D eigenvalue weighted by Gasteiger charge is -2.41. The minimum absolute atomic E-state index is 0.131. The third-order valence-electron chi connectivity index (χ3n) is 5.24. The number of piperazine rings is 1. The summed E-state index contributed by atoms with van der Waals surface area (Å²) in [6, 6.07) is 23.1. The monoisotopic (exact) mass is 344 g/mol. The first-order valence-electron chi connectivity index (χ1n) is 9.23. The van der Waals surface area contributed by atoms with Crippen LogP contribution in [0.25, 0.3) is 10.8 Å². The predicted octanol–water partition coefficient (Wildman–Crippen LogP) is 4.50. The van der Waals surface area contributed by atoms with Gasteiger partial charge >= 0.3 is 0 Å². The fourth-order valence-electron chi connectivity index (χ4n) is 3.84. The molecule has 0 N–H and O–H groups in total. The minimum Gasteiger partial charge on any atom is -0.365 e. The second-order valence-corrected chi connectivity index (χ2v) is 7.19. The zero-order valence-electron chi connectivity index (χ0n) is 15.4. The van der Waals surface area contributed by atoms with Crippen molar-refractivity contribution in [3.63, 3.8) is 0 Å². The molecule has 1 fully saturated rings. The molecule has 3 heteroatoms. The van der Waals surface area contributed by atoms with Crippen LogP contribution in [0.1, 0.15) is 22.8 Å². The molecule has 0 radical (unpaired) electrons. The Morgan fingerprint density at radius 3 is 2.50 bits per heavy atom. The van der Waals surface area contributed by atoms with E-state index in [0.29, 0.717) is 6.04 Å². The van der Waals surface area contributed by atoms with Crippen molar-refractivity contribution in [2.45, 2.75) is 19.9 Å². The summed E-state index contributed by atoms with van der Waals surface area (Å²) in [5.74, 6) is 0.131. The van der Waals surface area contributed by atoms with Crippen molar-refractivity contribution in [2.75, 3.05) is 24.5 Å². The van der Waals surface area contributed by atoms with Crippen LogP contribution in [0.15, 0.2) is 66.7 Å². The first-order chi connectivity index (χ1) is 12.6. The van der Waals surface area contributed by atoms with Gasteiger partial charge in [0.25, 0.3) is 5.91 Å². The summed E-state index contributed by atoms with van der Waals surface area (Å²) < 4.78 is 0. The summed E-state index contributed by atoms with van der Waals surface area (Å²) in [6.45, 7) is 6.68. The van der Waals surface area contributed by atoms with Crippen molar-refractivity contribution in [1.29, 1.82) is 0 Å². The van der Waals surface area contributed by atoms with Crippen LogP contribution in [0.5, 0.6) is 0 Å². The molecule has 4 rings (SSSR count). The van der Waals surface area contributed by atoms with E-state index >= 15 is 0 Å². The third kappa shape index (κ3) is 3.17. The molecule has 1 saturated heterocycles. The molecule has 0 saturated carbocycles. The Morgan fingerprint density at radius 2 is 1.73 bits per heavy atom. The quantitative estimate of drug-likeness (QED) is 0.683. The Balaban J connectivity index is 1.51. The molecule has 0 aromatic heterocycles. The summed E-state index contributed by atoms with van der Waals surface area (Å²) in [5.41, 5.74) is 3.29. The highest BCUT2D eigenvalue weighted by Gasteiger charge is 2.27. The van der Waals surface area contributed by atoms with Crippen molar-refractivity contribution >= 4 is 22.4 Å². The van der Waals surface area contributed by atoms with Gasteiger partial charge in [-0.15, -0.1) is 0 Å². The van der Waals surface area contributed by atoms with Crippen LogP contribution < -0.4 is 4.90 Å². The van der Waals surface area contributed by atoms with E-state index < -0.39 is 0 Å². The molecule has 1 amide bonds. The lowest BCUT2D eigenvalue weighted by atomic mass is 10.0. The molecule has 1 aliphatic rings. The molecule has 26 heavy (non-hydrogen) atoms. The van der Waals surface area contributed by atoms with Gasteiger partial charge in [0.15, 0.2) is 0 Å². The van der Waals surface area contributed by atoms with Gasteiger partial charge in [-0.1, -0.05) is 42.5 Å². The number of aryl methyl sites for hydroxylation is 1. The van der Waals surface area contributed by atoms with Crippen molar-refractivity contribution in [2.24, 2.45) is 0 Å². The number of amides is 1. The van der Waals surface area contributed by atoms with E-state index in [1.807, 2.05) is 35.2 Å². The molecule has 1 atom stereocenters. The van der Waals surface area contributed by atoms with Crippen LogP contribution >= 0.6 is 0 Å². The fraction of sp³-hybridized carbons (Fsp3) is 0.261. The maximum absolute atomic E-state index is 13.0. The molecule has 0 spiro atoms. The number of fused-ring (bicyclic) bond motifs is 1. The van der Waals surface area contributed by atoms with E-state index in [1.54, 1.807) is 0 Å². The van der Waals surface area contributed by atoms with E-state index in [0.717, 1.165) is 30.6 Å². The van der Waals surface area contributed by atoms with E-state index in [1.165, 1.54) is 16.6 Å². The first kappa shape index (κ1) is 16.6. The van der Waals surface area contributed by atoms with E-state index in [-0.39, 0.29) is 5.91 Å². The van der Waals surface area contributed by atoms with Crippen molar-refractivity contribution in [1.82, 2.24) is 4.90 Å². The lowest BCUT2D eigenvalue weighted by Crippen LogP contribution is -2.53. The molecule has 3 aromatic carbocycles. The Morgan fingerprint density at radius 1 is 0.923 bits per heavy atom. The Hall–Kier alpha value is -2.81. The zero-order valence-corrected chi connectivity index (χ0v) is 15.4. The smallest absolute Gasteiger partial charge is 0.254 e. The molecule has 0 unspecified atom stereocenters. The van der Waals surface area contributed by atoms with Gasteiger partial charge in [0.1, 0.15) is 0 Å². The Bertz CT molecular complexity index is 950. The summed E-state index contributed by atoms with van der Waals surface area (Å²) in [5, 5.41) is 2.28. The SMILES string of the molecule is Cc1cccc(N2CCN(C(=O)c3ccc4ccccc4c3)C[C@H]2C)c1. The molecule has 0 bridgehead atoms. The van der Waals surface area contributed by atoms with Crippen LogP contribution in [-0.2, 0) is 0 Å².